The van der Waals surface area contributed by atoms with Gasteiger partial charge in [-0.05, 0) is 6.92 Å². The molecular weight excluding hydrogens is 254 g/mol. The fourth-order valence-electron chi connectivity index (χ4n) is 1.86. The molecule has 0 radical (unpaired) electrons. The van der Waals surface area contributed by atoms with Crippen LogP contribution in [-0.2, 0) is 19.7 Å². The molecule has 0 aliphatic carbocycles. The van der Waals surface area contributed by atoms with Gasteiger partial charge in [0.25, 0.3) is 0 Å². The van der Waals surface area contributed by atoms with Gasteiger partial charge in [-0.3, -0.25) is 0 Å². The van der Waals surface area contributed by atoms with Crippen LogP contribution in [0.4, 0.5) is 0 Å². The summed E-state index contributed by atoms with van der Waals surface area (Å²) in [6, 6.07) is -0.940. The third-order valence-electron chi connectivity index (χ3n) is 2.37. The van der Waals surface area contributed by atoms with Gasteiger partial charge in [-0.2, -0.15) is 0 Å². The first-order valence-electron chi connectivity index (χ1n) is 4.91. The molecule has 3 atom stereocenters. The maximum atomic E-state index is 11.2. The van der Waals surface area contributed by atoms with Gasteiger partial charge >= 0.3 is 0 Å². The van der Waals surface area contributed by atoms with Crippen LogP contribution >= 0.6 is 0 Å². The van der Waals surface area contributed by atoms with Gasteiger partial charge < -0.3 is 10.4 Å². The molecule has 8 heteroatoms. The largest absolute Gasteiger partial charge is 0.390 e. The molecule has 0 saturated carbocycles. The molecule has 1 aliphatic rings. The third-order valence-corrected chi connectivity index (χ3v) is 5.20. The van der Waals surface area contributed by atoms with Gasteiger partial charge in [-0.25, -0.2) is 16.8 Å². The van der Waals surface area contributed by atoms with Crippen LogP contribution < -0.4 is 5.32 Å². The smallest absolute Gasteiger partial charge is 0.154 e. The minimum atomic E-state index is -3.20. The quantitative estimate of drug-likeness (QED) is 0.623. The molecule has 16 heavy (non-hydrogen) atoms. The van der Waals surface area contributed by atoms with Crippen LogP contribution in [0.5, 0.6) is 0 Å². The number of aliphatic hydroxyl groups is 1. The molecule has 0 aromatic carbocycles. The fourth-order valence-corrected chi connectivity index (χ4v) is 4.61. The zero-order valence-electron chi connectivity index (χ0n) is 9.25. The molecule has 6 nitrogen and oxygen atoms in total. The van der Waals surface area contributed by atoms with E-state index in [1.807, 2.05) is 0 Å². The van der Waals surface area contributed by atoms with Gasteiger partial charge in [0.05, 0.1) is 23.4 Å². The van der Waals surface area contributed by atoms with Crippen molar-refractivity contribution in [1.29, 1.82) is 0 Å². The topological polar surface area (TPSA) is 101 Å². The Morgan fingerprint density at radius 2 is 2.00 bits per heavy atom. The zero-order valence-corrected chi connectivity index (χ0v) is 10.9. The van der Waals surface area contributed by atoms with Crippen LogP contribution in [0.15, 0.2) is 0 Å². The lowest BCUT2D eigenvalue weighted by Crippen LogP contribution is -2.46. The highest BCUT2D eigenvalue weighted by Gasteiger charge is 2.37. The van der Waals surface area contributed by atoms with E-state index in [4.69, 9.17) is 0 Å². The van der Waals surface area contributed by atoms with Crippen LogP contribution in [0, 0.1) is 0 Å². The van der Waals surface area contributed by atoms with Crippen LogP contribution in [-0.4, -0.2) is 63.6 Å². The van der Waals surface area contributed by atoms with E-state index in [0.717, 1.165) is 6.26 Å². The normalized spacial score (nSPS) is 31.4. The molecule has 1 saturated heterocycles. The van der Waals surface area contributed by atoms with Crippen LogP contribution in [0.25, 0.3) is 0 Å². The van der Waals surface area contributed by atoms with Gasteiger partial charge in [-0.15, -0.1) is 0 Å². The first-order chi connectivity index (χ1) is 7.09. The van der Waals surface area contributed by atoms with E-state index < -0.39 is 31.8 Å². The van der Waals surface area contributed by atoms with Gasteiger partial charge in [0.1, 0.15) is 9.84 Å². The molecule has 0 aromatic heterocycles. The van der Waals surface area contributed by atoms with Gasteiger partial charge in [0.2, 0.25) is 0 Å². The monoisotopic (exact) mass is 271 g/mol. The Hall–Kier alpha value is -0.180. The Labute approximate surface area is 95.9 Å². The molecule has 0 spiro atoms. The van der Waals surface area contributed by atoms with Crippen LogP contribution in [0.3, 0.4) is 0 Å². The third kappa shape index (κ3) is 4.36. The summed E-state index contributed by atoms with van der Waals surface area (Å²) in [5.74, 6) is -0.463. The Morgan fingerprint density at radius 1 is 1.44 bits per heavy atom. The van der Waals surface area contributed by atoms with E-state index in [1.165, 1.54) is 0 Å². The molecule has 1 aliphatic heterocycles. The number of rotatable bonds is 4. The van der Waals surface area contributed by atoms with Gasteiger partial charge in [-0.1, -0.05) is 0 Å². The van der Waals surface area contributed by atoms with E-state index in [-0.39, 0.29) is 23.3 Å². The molecule has 2 N–H and O–H groups in total. The van der Waals surface area contributed by atoms with Crippen molar-refractivity contribution in [3.63, 3.8) is 0 Å². The van der Waals surface area contributed by atoms with Crippen molar-refractivity contribution < 1.29 is 21.9 Å². The maximum absolute atomic E-state index is 11.2. The average Bonchev–Trinajstić information content (AvgIpc) is 2.19. The molecule has 1 fully saturated rings. The van der Waals surface area contributed by atoms with Crippen molar-refractivity contribution in [3.05, 3.63) is 0 Å². The van der Waals surface area contributed by atoms with Gasteiger partial charge in [0.15, 0.2) is 9.84 Å². The van der Waals surface area contributed by atoms with Gasteiger partial charge in [0, 0.05) is 18.3 Å². The van der Waals surface area contributed by atoms with E-state index in [2.05, 4.69) is 5.32 Å². The zero-order chi connectivity index (χ0) is 12.6. The summed E-state index contributed by atoms with van der Waals surface area (Å²) in [7, 11) is -6.30. The Bertz CT molecular complexity index is 441. The SMILES string of the molecule is CC(CS(C)(=O)=O)NC1CS(=O)(=O)CC1O. The molecule has 0 bridgehead atoms. The number of hydrogen-bond donors (Lipinski definition) is 2. The number of aliphatic hydroxyl groups excluding tert-OH is 1. The van der Waals surface area contributed by atoms with E-state index in [1.54, 1.807) is 6.92 Å². The van der Waals surface area contributed by atoms with Crippen molar-refractivity contribution >= 4 is 19.7 Å². The number of nitrogens with one attached hydrogen (secondary N) is 1. The van der Waals surface area contributed by atoms with Crippen LogP contribution in [0.1, 0.15) is 6.92 Å². The van der Waals surface area contributed by atoms with E-state index >= 15 is 0 Å². The lowest BCUT2D eigenvalue weighted by Gasteiger charge is -2.20. The second-order valence-corrected chi connectivity index (χ2v) is 8.75. The second-order valence-electron chi connectivity index (χ2n) is 4.41. The van der Waals surface area contributed by atoms with E-state index in [9.17, 15) is 21.9 Å². The second kappa shape index (κ2) is 4.59. The fraction of sp³-hybridized carbons (Fsp3) is 1.00. The maximum Gasteiger partial charge on any atom is 0.154 e. The number of sulfone groups is 2. The minimum Gasteiger partial charge on any atom is -0.390 e. The Balaban J connectivity index is 2.56. The predicted octanol–water partition coefficient (Wildman–Crippen LogP) is -1.83. The van der Waals surface area contributed by atoms with Crippen molar-refractivity contribution in [2.45, 2.75) is 25.1 Å². The summed E-state index contributed by atoms with van der Waals surface area (Å²) in [6.45, 7) is 1.65. The molecule has 1 heterocycles. The Morgan fingerprint density at radius 3 is 2.38 bits per heavy atom. The standard InChI is InChI=1S/C8H17NO5S2/c1-6(3-15(2,11)12)9-7-4-16(13,14)5-8(7)10/h6-10H,3-5H2,1-2H3. The Kier molecular flexibility index (Phi) is 3.99. The van der Waals surface area contributed by atoms with Crippen molar-refractivity contribution in [1.82, 2.24) is 5.32 Å². The first-order valence-corrected chi connectivity index (χ1v) is 8.79. The molecule has 0 aromatic rings. The molecule has 0 amide bonds. The van der Waals surface area contributed by atoms with Crippen molar-refractivity contribution in [3.8, 4) is 0 Å². The lowest BCUT2D eigenvalue weighted by atomic mass is 10.2. The molecular formula is C8H17NO5S2. The summed E-state index contributed by atoms with van der Waals surface area (Å²) in [4.78, 5) is 0. The molecule has 96 valence electrons. The minimum absolute atomic E-state index is 0.0731. The summed E-state index contributed by atoms with van der Waals surface area (Å²) in [5.41, 5.74) is 0. The lowest BCUT2D eigenvalue weighted by molar-refractivity contribution is 0.162. The highest BCUT2D eigenvalue weighted by atomic mass is 32.2. The summed E-state index contributed by atoms with van der Waals surface area (Å²) in [6.07, 6.45) is 0.166. The highest BCUT2D eigenvalue weighted by Crippen LogP contribution is 2.13. The van der Waals surface area contributed by atoms with Crippen LogP contribution in [0.2, 0.25) is 0 Å². The van der Waals surface area contributed by atoms with Crippen molar-refractivity contribution in [2.24, 2.45) is 0 Å². The summed E-state index contributed by atoms with van der Waals surface area (Å²) >= 11 is 0. The number of hydrogen-bond acceptors (Lipinski definition) is 6. The molecule has 1 rings (SSSR count). The highest BCUT2D eigenvalue weighted by molar-refractivity contribution is 7.91. The predicted molar refractivity (Wildman–Crippen MR) is 60.8 cm³/mol. The summed E-state index contributed by atoms with van der Waals surface area (Å²) in [5, 5.41) is 12.3. The average molecular weight is 271 g/mol. The van der Waals surface area contributed by atoms with E-state index in [0.29, 0.717) is 0 Å². The first kappa shape index (κ1) is 13.9. The summed E-state index contributed by atoms with van der Waals surface area (Å²) < 4.78 is 44.4. The van der Waals surface area contributed by atoms with Crippen molar-refractivity contribution in [2.75, 3.05) is 23.5 Å². The molecule has 3 unspecified atom stereocenters.